The van der Waals surface area contributed by atoms with Crippen molar-refractivity contribution in [2.45, 2.75) is 0 Å². The Hall–Kier alpha value is -2.26. The molecule has 0 aliphatic carbocycles. The molecule has 9 heteroatoms. The highest BCUT2D eigenvalue weighted by Crippen LogP contribution is 2.28. The maximum absolute atomic E-state index is 12.1. The van der Waals surface area contributed by atoms with Crippen LogP contribution in [0.5, 0.6) is 17.2 Å². The zero-order valence-corrected chi connectivity index (χ0v) is 17.1. The monoisotopic (exact) mass is 486 g/mol. The van der Waals surface area contributed by atoms with E-state index in [1.807, 2.05) is 0 Å². The number of nitrogens with one attached hydrogen (secondary N) is 2. The van der Waals surface area contributed by atoms with E-state index in [2.05, 4.69) is 42.7 Å². The molecule has 0 atom stereocenters. The van der Waals surface area contributed by atoms with E-state index in [0.717, 1.165) is 4.47 Å². The normalized spacial score (nSPS) is 10.0. The molecule has 138 valence electrons. The molecule has 26 heavy (non-hydrogen) atoms. The molecule has 0 radical (unpaired) electrons. The van der Waals surface area contributed by atoms with Crippen molar-refractivity contribution >= 4 is 43.7 Å². The van der Waals surface area contributed by atoms with E-state index in [4.69, 9.17) is 14.2 Å². The lowest BCUT2D eigenvalue weighted by molar-refractivity contribution is -0.123. The summed E-state index contributed by atoms with van der Waals surface area (Å²) in [7, 11) is 2.97. The van der Waals surface area contributed by atoms with Crippen LogP contribution in [0.4, 0.5) is 0 Å². The fraction of sp³-hybridized carbons (Fsp3) is 0.176. The van der Waals surface area contributed by atoms with Crippen molar-refractivity contribution in [3.63, 3.8) is 0 Å². The number of amides is 2. The summed E-state index contributed by atoms with van der Waals surface area (Å²) in [6.45, 7) is -0.257. The van der Waals surface area contributed by atoms with E-state index >= 15 is 0 Å². The summed E-state index contributed by atoms with van der Waals surface area (Å²) in [5.41, 5.74) is 4.91. The number of methoxy groups -OCH3 is 2. The fourth-order valence-electron chi connectivity index (χ4n) is 1.95. The van der Waals surface area contributed by atoms with Crippen LogP contribution in [-0.2, 0) is 4.79 Å². The first-order valence-electron chi connectivity index (χ1n) is 7.33. The molecule has 0 heterocycles. The van der Waals surface area contributed by atoms with Crippen LogP contribution in [0.2, 0.25) is 0 Å². The molecule has 2 aromatic rings. The van der Waals surface area contributed by atoms with Crippen LogP contribution in [0.1, 0.15) is 10.4 Å². The zero-order chi connectivity index (χ0) is 19.1. The van der Waals surface area contributed by atoms with Gasteiger partial charge in [-0.05, 0) is 52.3 Å². The number of ether oxygens (including phenoxy) is 3. The molecule has 7 nitrogen and oxygen atoms in total. The smallest absolute Gasteiger partial charge is 0.276 e. The van der Waals surface area contributed by atoms with Crippen molar-refractivity contribution in [1.82, 2.24) is 10.9 Å². The second kappa shape index (κ2) is 9.44. The van der Waals surface area contributed by atoms with E-state index in [1.54, 1.807) is 30.3 Å². The topological polar surface area (TPSA) is 85.9 Å². The molecule has 0 aliphatic rings. The van der Waals surface area contributed by atoms with Crippen LogP contribution < -0.4 is 25.1 Å². The Kier molecular flexibility index (Phi) is 7.28. The third-order valence-corrected chi connectivity index (χ3v) is 4.33. The molecule has 0 aliphatic heterocycles. The number of carbonyl (C=O) groups is 2. The number of rotatable bonds is 6. The summed E-state index contributed by atoms with van der Waals surface area (Å²) < 4.78 is 17.2. The van der Waals surface area contributed by atoms with E-state index in [9.17, 15) is 9.59 Å². The standard InChI is InChI=1S/C17H16Br2N2O5/c1-24-14-5-3-10(7-15(14)25-2)17(23)21-20-16(22)9-26-13-6-4-11(18)8-12(13)19/h3-8H,9H2,1-2H3,(H,20,22)(H,21,23). The van der Waals surface area contributed by atoms with Crippen LogP contribution in [0.25, 0.3) is 0 Å². The largest absolute Gasteiger partial charge is 0.493 e. The number of halogens is 2. The predicted molar refractivity (Wildman–Crippen MR) is 102 cm³/mol. The highest BCUT2D eigenvalue weighted by Gasteiger charge is 2.12. The lowest BCUT2D eigenvalue weighted by Gasteiger charge is -2.11. The van der Waals surface area contributed by atoms with Crippen molar-refractivity contribution in [3.8, 4) is 17.2 Å². The number of hydrazine groups is 1. The number of carbonyl (C=O) groups excluding carboxylic acids is 2. The van der Waals surface area contributed by atoms with Gasteiger partial charge >= 0.3 is 0 Å². The molecule has 0 saturated heterocycles. The van der Waals surface area contributed by atoms with Gasteiger partial charge in [0.2, 0.25) is 0 Å². The predicted octanol–water partition coefficient (Wildman–Crippen LogP) is 3.07. The second-order valence-electron chi connectivity index (χ2n) is 4.94. The molecule has 0 unspecified atom stereocenters. The Morgan fingerprint density at radius 2 is 1.62 bits per heavy atom. The maximum Gasteiger partial charge on any atom is 0.276 e. The average molecular weight is 488 g/mol. The molecule has 2 amide bonds. The van der Waals surface area contributed by atoms with E-state index in [1.165, 1.54) is 20.3 Å². The Bertz CT molecular complexity index is 814. The van der Waals surface area contributed by atoms with Crippen molar-refractivity contribution in [3.05, 3.63) is 50.9 Å². The molecular weight excluding hydrogens is 472 g/mol. The molecule has 2 aromatic carbocycles. The molecule has 0 saturated carbocycles. The SMILES string of the molecule is COc1ccc(C(=O)NNC(=O)COc2ccc(Br)cc2Br)cc1OC. The first kappa shape index (κ1) is 20.1. The van der Waals surface area contributed by atoms with Crippen LogP contribution in [0, 0.1) is 0 Å². The Labute approximate surface area is 167 Å². The average Bonchev–Trinajstić information content (AvgIpc) is 2.64. The molecular formula is C17H16Br2N2O5. The molecule has 2 rings (SSSR count). The van der Waals surface area contributed by atoms with Gasteiger partial charge in [-0.2, -0.15) is 0 Å². The highest BCUT2D eigenvalue weighted by atomic mass is 79.9. The summed E-state index contributed by atoms with van der Waals surface area (Å²) in [4.78, 5) is 23.9. The van der Waals surface area contributed by atoms with Gasteiger partial charge in [0.1, 0.15) is 5.75 Å². The van der Waals surface area contributed by atoms with Crippen molar-refractivity contribution < 1.29 is 23.8 Å². The summed E-state index contributed by atoms with van der Waals surface area (Å²) in [5.74, 6) is 0.420. The van der Waals surface area contributed by atoms with Gasteiger partial charge in [0.25, 0.3) is 11.8 Å². The minimum atomic E-state index is -0.506. The van der Waals surface area contributed by atoms with Gasteiger partial charge in [-0.1, -0.05) is 15.9 Å². The van der Waals surface area contributed by atoms with E-state index < -0.39 is 11.8 Å². The Morgan fingerprint density at radius 1 is 0.923 bits per heavy atom. The minimum Gasteiger partial charge on any atom is -0.493 e. The van der Waals surface area contributed by atoms with Crippen molar-refractivity contribution in [2.75, 3.05) is 20.8 Å². The maximum atomic E-state index is 12.1. The van der Waals surface area contributed by atoms with Gasteiger partial charge < -0.3 is 14.2 Å². The number of benzene rings is 2. The summed E-state index contributed by atoms with van der Waals surface area (Å²) in [6, 6.07) is 9.96. The zero-order valence-electron chi connectivity index (χ0n) is 14.0. The van der Waals surface area contributed by atoms with Crippen LogP contribution >= 0.6 is 31.9 Å². The van der Waals surface area contributed by atoms with Crippen LogP contribution in [-0.4, -0.2) is 32.6 Å². The fourth-order valence-corrected chi connectivity index (χ4v) is 3.11. The third-order valence-electron chi connectivity index (χ3n) is 3.21. The van der Waals surface area contributed by atoms with Gasteiger partial charge in [-0.25, -0.2) is 0 Å². The summed E-state index contributed by atoms with van der Waals surface area (Å²) in [5, 5.41) is 0. The lowest BCUT2D eigenvalue weighted by Crippen LogP contribution is -2.43. The van der Waals surface area contributed by atoms with Gasteiger partial charge in [0, 0.05) is 10.0 Å². The van der Waals surface area contributed by atoms with Gasteiger partial charge in [-0.15, -0.1) is 0 Å². The first-order chi connectivity index (χ1) is 12.4. The van der Waals surface area contributed by atoms with E-state index in [0.29, 0.717) is 27.3 Å². The molecule has 2 N–H and O–H groups in total. The lowest BCUT2D eigenvalue weighted by atomic mass is 10.2. The summed E-state index contributed by atoms with van der Waals surface area (Å²) >= 11 is 6.67. The van der Waals surface area contributed by atoms with Crippen molar-refractivity contribution in [2.24, 2.45) is 0 Å². The Morgan fingerprint density at radius 3 is 2.27 bits per heavy atom. The molecule has 0 fully saturated rings. The quantitative estimate of drug-likeness (QED) is 0.611. The highest BCUT2D eigenvalue weighted by molar-refractivity contribution is 9.11. The van der Waals surface area contributed by atoms with Gasteiger partial charge in [0.15, 0.2) is 18.1 Å². The summed E-state index contributed by atoms with van der Waals surface area (Å²) in [6.07, 6.45) is 0. The second-order valence-corrected chi connectivity index (χ2v) is 6.71. The number of hydrogen-bond acceptors (Lipinski definition) is 5. The van der Waals surface area contributed by atoms with Crippen LogP contribution in [0.3, 0.4) is 0 Å². The Balaban J connectivity index is 1.87. The van der Waals surface area contributed by atoms with E-state index in [-0.39, 0.29) is 6.61 Å². The van der Waals surface area contributed by atoms with Gasteiger partial charge in [0.05, 0.1) is 18.7 Å². The molecule has 0 bridgehead atoms. The third kappa shape index (κ3) is 5.37. The number of hydrogen-bond donors (Lipinski definition) is 2. The van der Waals surface area contributed by atoms with Crippen LogP contribution in [0.15, 0.2) is 45.3 Å². The van der Waals surface area contributed by atoms with Crippen molar-refractivity contribution in [1.29, 1.82) is 0 Å². The first-order valence-corrected chi connectivity index (χ1v) is 8.92. The van der Waals surface area contributed by atoms with Gasteiger partial charge in [-0.3, -0.25) is 20.4 Å². The minimum absolute atomic E-state index is 0.257. The molecule has 0 aromatic heterocycles. The molecule has 0 spiro atoms.